The molecule has 106 valence electrons. The predicted molar refractivity (Wildman–Crippen MR) is 64.1 cm³/mol. The van der Waals surface area contributed by atoms with Crippen molar-refractivity contribution in [3.8, 4) is 5.75 Å². The average Bonchev–Trinajstić information content (AvgIpc) is 2.79. The number of rotatable bonds is 3. The van der Waals surface area contributed by atoms with E-state index in [0.29, 0.717) is 11.3 Å². The highest BCUT2D eigenvalue weighted by atomic mass is 19.4. The molecule has 1 aromatic carbocycles. The van der Waals surface area contributed by atoms with Crippen LogP contribution in [-0.4, -0.2) is 16.2 Å². The van der Waals surface area contributed by atoms with Gasteiger partial charge < -0.3 is 4.74 Å². The molecule has 0 unspecified atom stereocenters. The van der Waals surface area contributed by atoms with Gasteiger partial charge in [0.2, 0.25) is 0 Å². The second kappa shape index (κ2) is 5.36. The number of carbonyl (C=O) groups excluding carboxylic acids is 1. The molecule has 0 spiro atoms. The van der Waals surface area contributed by atoms with Crippen molar-refractivity contribution >= 4 is 5.97 Å². The molecule has 0 amide bonds. The number of H-pyrrole nitrogens is 1. The summed E-state index contributed by atoms with van der Waals surface area (Å²) in [5.41, 5.74) is -0.118. The molecule has 1 N–H and O–H groups in total. The molecule has 0 aliphatic heterocycles. The second-order valence-electron chi connectivity index (χ2n) is 4.18. The van der Waals surface area contributed by atoms with E-state index in [4.69, 9.17) is 4.74 Å². The monoisotopic (exact) mass is 284 g/mol. The lowest BCUT2D eigenvalue weighted by atomic mass is 10.1. The Balaban J connectivity index is 2.15. The zero-order valence-corrected chi connectivity index (χ0v) is 10.5. The van der Waals surface area contributed by atoms with E-state index in [2.05, 4.69) is 5.10 Å². The summed E-state index contributed by atoms with van der Waals surface area (Å²) in [7, 11) is 0. The summed E-state index contributed by atoms with van der Waals surface area (Å²) in [6.45, 7) is 1.27. The van der Waals surface area contributed by atoms with Crippen molar-refractivity contribution in [1.82, 2.24) is 10.2 Å². The van der Waals surface area contributed by atoms with E-state index in [1.54, 1.807) is 12.1 Å². The molecule has 1 aromatic heterocycles. The van der Waals surface area contributed by atoms with Crippen LogP contribution >= 0.6 is 0 Å². The number of hydrogen-bond acceptors (Lipinski definition) is 3. The first-order valence-electron chi connectivity index (χ1n) is 5.73. The molecule has 0 saturated heterocycles. The quantitative estimate of drug-likeness (QED) is 0.696. The van der Waals surface area contributed by atoms with Crippen LogP contribution < -0.4 is 4.74 Å². The summed E-state index contributed by atoms with van der Waals surface area (Å²) in [6.07, 6.45) is -3.21. The zero-order chi connectivity index (χ0) is 14.8. The minimum Gasteiger partial charge on any atom is -0.427 e. The molecular formula is C13H11F3N2O2. The second-order valence-corrected chi connectivity index (χ2v) is 4.18. The van der Waals surface area contributed by atoms with Crippen LogP contribution in [-0.2, 0) is 17.4 Å². The third kappa shape index (κ3) is 3.37. The molecule has 0 fully saturated rings. The Labute approximate surface area is 112 Å². The van der Waals surface area contributed by atoms with Gasteiger partial charge in [-0.05, 0) is 17.7 Å². The number of aromatic amines is 1. The van der Waals surface area contributed by atoms with Gasteiger partial charge in [-0.3, -0.25) is 9.89 Å². The van der Waals surface area contributed by atoms with Crippen LogP contribution in [0.4, 0.5) is 13.2 Å². The maximum atomic E-state index is 12.7. The van der Waals surface area contributed by atoms with Crippen LogP contribution in [0.3, 0.4) is 0 Å². The summed E-state index contributed by atoms with van der Waals surface area (Å²) in [4.78, 5) is 10.7. The predicted octanol–water partition coefficient (Wildman–Crippen LogP) is 2.94. The van der Waals surface area contributed by atoms with Gasteiger partial charge in [-0.1, -0.05) is 12.1 Å². The van der Waals surface area contributed by atoms with Crippen molar-refractivity contribution in [2.45, 2.75) is 19.5 Å². The number of hydrogen-bond donors (Lipinski definition) is 1. The summed E-state index contributed by atoms with van der Waals surface area (Å²) >= 11 is 0. The molecule has 4 nitrogen and oxygen atoms in total. The van der Waals surface area contributed by atoms with E-state index in [0.717, 1.165) is 6.20 Å². The first kappa shape index (κ1) is 14.1. The van der Waals surface area contributed by atoms with Crippen molar-refractivity contribution in [3.05, 3.63) is 47.3 Å². The Hall–Kier alpha value is -2.31. The van der Waals surface area contributed by atoms with Gasteiger partial charge in [0.1, 0.15) is 11.4 Å². The molecule has 0 atom stereocenters. The number of benzene rings is 1. The fourth-order valence-corrected chi connectivity index (χ4v) is 1.75. The molecule has 1 heterocycles. The highest BCUT2D eigenvalue weighted by molar-refractivity contribution is 5.69. The standard InChI is InChI=1S/C13H11F3N2O2/c1-8(19)20-11-4-2-9(3-5-11)6-10-7-17-18-12(10)13(14,15)16/h2-5,7H,6H2,1H3,(H,17,18). The Morgan fingerprint density at radius 3 is 2.50 bits per heavy atom. The fraction of sp³-hybridized carbons (Fsp3) is 0.231. The number of esters is 1. The number of halogens is 3. The number of ether oxygens (including phenoxy) is 1. The zero-order valence-electron chi connectivity index (χ0n) is 10.5. The summed E-state index contributed by atoms with van der Waals surface area (Å²) in [5.74, 6) is -0.101. The topological polar surface area (TPSA) is 55.0 Å². The Morgan fingerprint density at radius 1 is 1.30 bits per heavy atom. The summed E-state index contributed by atoms with van der Waals surface area (Å²) in [6, 6.07) is 6.27. The number of nitrogens with one attached hydrogen (secondary N) is 1. The molecular weight excluding hydrogens is 273 g/mol. The van der Waals surface area contributed by atoms with Gasteiger partial charge >= 0.3 is 12.1 Å². The largest absolute Gasteiger partial charge is 0.433 e. The lowest BCUT2D eigenvalue weighted by Gasteiger charge is -2.07. The third-order valence-electron chi connectivity index (χ3n) is 2.58. The maximum Gasteiger partial charge on any atom is 0.433 e. The molecule has 0 bridgehead atoms. The first-order valence-corrected chi connectivity index (χ1v) is 5.73. The Bertz CT molecular complexity index is 603. The first-order chi connectivity index (χ1) is 9.36. The van der Waals surface area contributed by atoms with Gasteiger partial charge in [0.15, 0.2) is 0 Å². The van der Waals surface area contributed by atoms with Gasteiger partial charge in [-0.25, -0.2) is 0 Å². The van der Waals surface area contributed by atoms with Crippen LogP contribution in [0.2, 0.25) is 0 Å². The average molecular weight is 284 g/mol. The summed E-state index contributed by atoms with van der Waals surface area (Å²) in [5, 5.41) is 5.39. The molecule has 0 aliphatic carbocycles. The Kier molecular flexibility index (Phi) is 3.78. The van der Waals surface area contributed by atoms with Gasteiger partial charge in [-0.2, -0.15) is 18.3 Å². The molecule has 2 aromatic rings. The highest BCUT2D eigenvalue weighted by Crippen LogP contribution is 2.31. The van der Waals surface area contributed by atoms with Gasteiger partial charge in [-0.15, -0.1) is 0 Å². The molecule has 20 heavy (non-hydrogen) atoms. The van der Waals surface area contributed by atoms with Crippen molar-refractivity contribution < 1.29 is 22.7 Å². The SMILES string of the molecule is CC(=O)Oc1ccc(Cc2cn[nH]c2C(F)(F)F)cc1. The van der Waals surface area contributed by atoms with Crippen molar-refractivity contribution in [2.75, 3.05) is 0 Å². The normalized spacial score (nSPS) is 11.4. The highest BCUT2D eigenvalue weighted by Gasteiger charge is 2.35. The van der Waals surface area contributed by atoms with Gasteiger partial charge in [0.05, 0.1) is 6.20 Å². The molecule has 7 heteroatoms. The molecule has 2 rings (SSSR count). The van der Waals surface area contributed by atoms with Crippen LogP contribution in [0.15, 0.2) is 30.5 Å². The van der Waals surface area contributed by atoms with Gasteiger partial charge in [0.25, 0.3) is 0 Å². The lowest BCUT2D eigenvalue weighted by molar-refractivity contribution is -0.141. The fourth-order valence-electron chi connectivity index (χ4n) is 1.75. The van der Waals surface area contributed by atoms with Crippen molar-refractivity contribution in [1.29, 1.82) is 0 Å². The van der Waals surface area contributed by atoms with Crippen LogP contribution in [0.25, 0.3) is 0 Å². The van der Waals surface area contributed by atoms with E-state index in [1.807, 2.05) is 5.10 Å². The summed E-state index contributed by atoms with van der Waals surface area (Å²) < 4.78 is 42.8. The van der Waals surface area contributed by atoms with Crippen molar-refractivity contribution in [2.24, 2.45) is 0 Å². The van der Waals surface area contributed by atoms with Gasteiger partial charge in [0, 0.05) is 18.9 Å². The van der Waals surface area contributed by atoms with Crippen LogP contribution in [0.1, 0.15) is 23.7 Å². The van der Waals surface area contributed by atoms with Crippen LogP contribution in [0.5, 0.6) is 5.75 Å². The number of carbonyl (C=O) groups is 1. The minimum absolute atomic E-state index is 0.0673. The third-order valence-corrected chi connectivity index (χ3v) is 2.58. The molecule has 0 aliphatic rings. The lowest BCUT2D eigenvalue weighted by Crippen LogP contribution is -2.09. The Morgan fingerprint density at radius 2 is 1.95 bits per heavy atom. The number of nitrogens with zero attached hydrogens (tertiary/aromatic N) is 1. The van der Waals surface area contributed by atoms with E-state index in [-0.39, 0.29) is 12.0 Å². The van der Waals surface area contributed by atoms with E-state index in [9.17, 15) is 18.0 Å². The molecule has 0 radical (unpaired) electrons. The van der Waals surface area contributed by atoms with E-state index < -0.39 is 17.8 Å². The maximum absolute atomic E-state index is 12.7. The van der Waals surface area contributed by atoms with Crippen molar-refractivity contribution in [3.63, 3.8) is 0 Å². The number of alkyl halides is 3. The number of aromatic nitrogens is 2. The van der Waals surface area contributed by atoms with E-state index >= 15 is 0 Å². The minimum atomic E-state index is -4.45. The molecule has 0 saturated carbocycles. The van der Waals surface area contributed by atoms with Crippen LogP contribution in [0, 0.1) is 0 Å². The van der Waals surface area contributed by atoms with E-state index in [1.165, 1.54) is 19.1 Å². The smallest absolute Gasteiger partial charge is 0.427 e.